The maximum absolute atomic E-state index is 14.5. The summed E-state index contributed by atoms with van der Waals surface area (Å²) in [5, 5.41) is 10.3. The average Bonchev–Trinajstić information content (AvgIpc) is 3.10. The third-order valence-electron chi connectivity index (χ3n) is 8.07. The Hall–Kier alpha value is -2.19. The molecule has 1 spiro atoms. The Morgan fingerprint density at radius 2 is 1.81 bits per heavy atom. The van der Waals surface area contributed by atoms with Crippen molar-refractivity contribution in [1.29, 1.82) is 0 Å². The summed E-state index contributed by atoms with van der Waals surface area (Å²) in [4.78, 5) is 45.2. The summed E-state index contributed by atoms with van der Waals surface area (Å²) in [6, 6.07) is -1.57. The van der Waals surface area contributed by atoms with Gasteiger partial charge >= 0.3 is 5.97 Å². The Bertz CT molecular complexity index is 964. The van der Waals surface area contributed by atoms with E-state index in [4.69, 9.17) is 9.47 Å². The maximum atomic E-state index is 14.5. The van der Waals surface area contributed by atoms with Crippen molar-refractivity contribution >= 4 is 17.8 Å². The van der Waals surface area contributed by atoms with Crippen LogP contribution < -0.4 is 0 Å². The number of ether oxygens (including phenoxy) is 2. The standard InChI is InChI=1S/C28H42N2O6/c1-17(2)18(15-31)30-22-24(33)29(27(6,7)16-26(3,4)5)13-10-12-28(22)21(23(30)32)20-19(36-28)11-8-9-14-35-25(20)34/h8,10-12,17-22,31H,9,13-16H2,1-7H3/t18-,19+,20-,21-,22?,28-/m0/s1. The van der Waals surface area contributed by atoms with Gasteiger partial charge in [-0.25, -0.2) is 0 Å². The number of likely N-dealkylation sites (tertiary alicyclic amines) is 1. The molecular formula is C28H42N2O6. The van der Waals surface area contributed by atoms with Gasteiger partial charge in [-0.05, 0) is 38.0 Å². The van der Waals surface area contributed by atoms with E-state index in [0.29, 0.717) is 13.0 Å². The Kier molecular flexibility index (Phi) is 6.92. The molecule has 0 aliphatic carbocycles. The normalized spacial score (nSPS) is 33.6. The van der Waals surface area contributed by atoms with Crippen LogP contribution in [0.15, 0.2) is 24.3 Å². The molecule has 2 saturated heterocycles. The number of aliphatic hydroxyl groups excluding tert-OH is 1. The Balaban J connectivity index is 1.86. The van der Waals surface area contributed by atoms with Crippen LogP contribution in [0.25, 0.3) is 0 Å². The van der Waals surface area contributed by atoms with Crippen molar-refractivity contribution in [1.82, 2.24) is 9.80 Å². The lowest BCUT2D eigenvalue weighted by atomic mass is 9.77. The van der Waals surface area contributed by atoms with Gasteiger partial charge in [-0.3, -0.25) is 14.4 Å². The first-order valence-corrected chi connectivity index (χ1v) is 13.2. The van der Waals surface area contributed by atoms with Gasteiger partial charge in [0.15, 0.2) is 0 Å². The largest absolute Gasteiger partial charge is 0.465 e. The number of hydrogen-bond acceptors (Lipinski definition) is 6. The average molecular weight is 503 g/mol. The molecule has 4 heterocycles. The number of amides is 2. The molecule has 4 aliphatic rings. The molecule has 2 fully saturated rings. The van der Waals surface area contributed by atoms with Crippen LogP contribution in [0.1, 0.15) is 61.3 Å². The molecule has 0 aromatic rings. The molecule has 8 nitrogen and oxygen atoms in total. The quantitative estimate of drug-likeness (QED) is 0.459. The molecule has 6 atom stereocenters. The molecule has 2 amide bonds. The highest BCUT2D eigenvalue weighted by molar-refractivity contribution is 5.99. The Morgan fingerprint density at radius 1 is 1.11 bits per heavy atom. The second-order valence-corrected chi connectivity index (χ2v) is 12.9. The van der Waals surface area contributed by atoms with Gasteiger partial charge in [0.2, 0.25) is 11.8 Å². The van der Waals surface area contributed by atoms with Crippen molar-refractivity contribution in [2.24, 2.45) is 23.2 Å². The highest BCUT2D eigenvalue weighted by Gasteiger charge is 2.73. The number of hydrogen-bond donors (Lipinski definition) is 1. The number of rotatable bonds is 5. The monoisotopic (exact) mass is 502 g/mol. The second kappa shape index (κ2) is 9.28. The molecule has 0 aromatic carbocycles. The summed E-state index contributed by atoms with van der Waals surface area (Å²) < 4.78 is 12.1. The number of esters is 1. The van der Waals surface area contributed by atoms with Crippen LogP contribution in [0, 0.1) is 23.2 Å². The second-order valence-electron chi connectivity index (χ2n) is 12.9. The maximum Gasteiger partial charge on any atom is 0.312 e. The molecule has 4 aliphatic heterocycles. The van der Waals surface area contributed by atoms with Crippen LogP contribution in [0.5, 0.6) is 0 Å². The van der Waals surface area contributed by atoms with Gasteiger partial charge in [0.25, 0.3) is 0 Å². The third kappa shape index (κ3) is 4.30. The number of carbonyl (C=O) groups excluding carboxylic acids is 3. The van der Waals surface area contributed by atoms with Crippen molar-refractivity contribution in [3.8, 4) is 0 Å². The van der Waals surface area contributed by atoms with E-state index in [1.54, 1.807) is 0 Å². The lowest BCUT2D eigenvalue weighted by molar-refractivity contribution is -0.158. The number of cyclic esters (lactones) is 1. The number of fused-ring (bicyclic) bond motifs is 2. The zero-order valence-corrected chi connectivity index (χ0v) is 22.7. The molecular weight excluding hydrogens is 460 g/mol. The molecule has 0 aromatic heterocycles. The highest BCUT2D eigenvalue weighted by atomic mass is 16.6. The fraction of sp³-hybridized carbons (Fsp3) is 0.750. The van der Waals surface area contributed by atoms with Crippen LogP contribution in [-0.2, 0) is 23.9 Å². The molecule has 1 unspecified atom stereocenters. The van der Waals surface area contributed by atoms with Gasteiger partial charge < -0.3 is 24.4 Å². The van der Waals surface area contributed by atoms with E-state index in [9.17, 15) is 19.5 Å². The third-order valence-corrected chi connectivity index (χ3v) is 8.07. The molecule has 8 heteroatoms. The molecule has 0 bridgehead atoms. The highest BCUT2D eigenvalue weighted by Crippen LogP contribution is 2.54. The lowest BCUT2D eigenvalue weighted by Crippen LogP contribution is -2.62. The van der Waals surface area contributed by atoms with E-state index >= 15 is 0 Å². The minimum Gasteiger partial charge on any atom is -0.465 e. The summed E-state index contributed by atoms with van der Waals surface area (Å²) in [6.45, 7) is 14.7. The van der Waals surface area contributed by atoms with E-state index in [1.165, 1.54) is 4.90 Å². The van der Waals surface area contributed by atoms with Gasteiger partial charge in [0.05, 0.1) is 31.3 Å². The van der Waals surface area contributed by atoms with Crippen LogP contribution in [0.3, 0.4) is 0 Å². The fourth-order valence-corrected chi connectivity index (χ4v) is 6.96. The summed E-state index contributed by atoms with van der Waals surface area (Å²) in [5.41, 5.74) is -1.84. The first kappa shape index (κ1) is 26.9. The summed E-state index contributed by atoms with van der Waals surface area (Å²) >= 11 is 0. The van der Waals surface area contributed by atoms with Gasteiger partial charge in [-0.2, -0.15) is 0 Å². The summed E-state index contributed by atoms with van der Waals surface area (Å²) in [6.07, 6.45) is 8.16. The zero-order chi connectivity index (χ0) is 26.6. The Labute approximate surface area is 214 Å². The SMILES string of the molecule is CC(C)[C@H](CO)N1C(=O)[C@@H]2[C@H]3C(=O)OCCC=C[C@H]3O[C@@]23C=CCN(C(C)(C)CC(C)(C)C)C(=O)C13. The summed E-state index contributed by atoms with van der Waals surface area (Å²) in [5.74, 6) is -2.87. The van der Waals surface area contributed by atoms with Crippen LogP contribution in [-0.4, -0.2) is 81.8 Å². The van der Waals surface area contributed by atoms with E-state index in [-0.39, 0.29) is 36.4 Å². The number of carbonyl (C=O) groups is 3. The summed E-state index contributed by atoms with van der Waals surface area (Å²) in [7, 11) is 0. The molecule has 0 saturated carbocycles. The molecule has 200 valence electrons. The van der Waals surface area contributed by atoms with Crippen molar-refractivity contribution in [3.63, 3.8) is 0 Å². The van der Waals surface area contributed by atoms with E-state index in [2.05, 4.69) is 34.6 Å². The van der Waals surface area contributed by atoms with Gasteiger partial charge in [0.1, 0.15) is 17.6 Å². The van der Waals surface area contributed by atoms with Crippen molar-refractivity contribution in [3.05, 3.63) is 24.3 Å². The van der Waals surface area contributed by atoms with Crippen LogP contribution in [0.4, 0.5) is 0 Å². The van der Waals surface area contributed by atoms with Crippen LogP contribution >= 0.6 is 0 Å². The predicted molar refractivity (Wildman–Crippen MR) is 135 cm³/mol. The fourth-order valence-electron chi connectivity index (χ4n) is 6.96. The molecule has 0 radical (unpaired) electrons. The lowest BCUT2D eigenvalue weighted by Gasteiger charge is -2.45. The zero-order valence-electron chi connectivity index (χ0n) is 22.7. The molecule has 36 heavy (non-hydrogen) atoms. The molecule has 1 N–H and O–H groups in total. The van der Waals surface area contributed by atoms with E-state index in [0.717, 1.165) is 6.42 Å². The Morgan fingerprint density at radius 3 is 2.42 bits per heavy atom. The first-order valence-electron chi connectivity index (χ1n) is 13.2. The molecule has 4 rings (SSSR count). The van der Waals surface area contributed by atoms with Crippen molar-refractivity contribution < 1.29 is 29.0 Å². The van der Waals surface area contributed by atoms with Gasteiger partial charge in [-0.1, -0.05) is 58.9 Å². The number of nitrogens with zero attached hydrogens (tertiary/aromatic N) is 2. The van der Waals surface area contributed by atoms with E-state index < -0.39 is 47.1 Å². The smallest absolute Gasteiger partial charge is 0.312 e. The minimum atomic E-state index is -1.31. The minimum absolute atomic E-state index is 0.0272. The van der Waals surface area contributed by atoms with Gasteiger partial charge in [0, 0.05) is 12.1 Å². The van der Waals surface area contributed by atoms with Gasteiger partial charge in [-0.15, -0.1) is 0 Å². The first-order chi connectivity index (χ1) is 16.7. The predicted octanol–water partition coefficient (Wildman–Crippen LogP) is 2.70. The van der Waals surface area contributed by atoms with Crippen LogP contribution in [0.2, 0.25) is 0 Å². The van der Waals surface area contributed by atoms with Crippen molar-refractivity contribution in [2.75, 3.05) is 19.8 Å². The number of aliphatic hydroxyl groups is 1. The topological polar surface area (TPSA) is 96.4 Å². The van der Waals surface area contributed by atoms with Crippen molar-refractivity contribution in [2.45, 2.75) is 90.6 Å². The van der Waals surface area contributed by atoms with E-state index in [1.807, 2.05) is 43.1 Å².